The van der Waals surface area contributed by atoms with Gasteiger partial charge in [0.15, 0.2) is 0 Å². The Morgan fingerprint density at radius 3 is 2.37 bits per heavy atom. The van der Waals surface area contributed by atoms with Crippen LogP contribution in [0.1, 0.15) is 55.4 Å². The van der Waals surface area contributed by atoms with Crippen molar-refractivity contribution in [3.8, 4) is 5.75 Å². The molecule has 1 N–H and O–H groups in total. The zero-order chi connectivity index (χ0) is 14.0. The minimum Gasteiger partial charge on any atom is -0.496 e. The van der Waals surface area contributed by atoms with E-state index in [4.69, 9.17) is 4.74 Å². The van der Waals surface area contributed by atoms with Crippen LogP contribution in [0.5, 0.6) is 5.75 Å². The predicted molar refractivity (Wildman–Crippen MR) is 78.5 cm³/mol. The van der Waals surface area contributed by atoms with Crippen LogP contribution in [-0.2, 0) is 0 Å². The second-order valence-corrected chi connectivity index (χ2v) is 6.16. The Balaban J connectivity index is 2.25. The third-order valence-electron chi connectivity index (χ3n) is 4.52. The van der Waals surface area contributed by atoms with Crippen LogP contribution >= 0.6 is 0 Å². The molecule has 0 amide bonds. The average Bonchev–Trinajstić information content (AvgIpc) is 2.38. The first-order chi connectivity index (χ1) is 9.02. The van der Waals surface area contributed by atoms with Crippen molar-refractivity contribution in [2.75, 3.05) is 7.11 Å². The van der Waals surface area contributed by atoms with Gasteiger partial charge in [0.25, 0.3) is 0 Å². The van der Waals surface area contributed by atoms with Gasteiger partial charge in [0, 0.05) is 5.56 Å². The van der Waals surface area contributed by atoms with Gasteiger partial charge in [0.2, 0.25) is 0 Å². The summed E-state index contributed by atoms with van der Waals surface area (Å²) in [4.78, 5) is 0. The number of benzene rings is 1. The molecule has 0 radical (unpaired) electrons. The molecule has 1 saturated carbocycles. The molecule has 2 rings (SSSR count). The molecular weight excluding hydrogens is 236 g/mol. The molecule has 0 aliphatic heterocycles. The van der Waals surface area contributed by atoms with Crippen molar-refractivity contribution in [1.82, 2.24) is 0 Å². The van der Waals surface area contributed by atoms with Gasteiger partial charge < -0.3 is 9.84 Å². The second-order valence-electron chi connectivity index (χ2n) is 6.16. The Kier molecular flexibility index (Phi) is 4.51. The smallest absolute Gasteiger partial charge is 0.125 e. The second kappa shape index (κ2) is 5.96. The quantitative estimate of drug-likeness (QED) is 0.885. The summed E-state index contributed by atoms with van der Waals surface area (Å²) < 4.78 is 5.48. The average molecular weight is 262 g/mol. The van der Waals surface area contributed by atoms with Gasteiger partial charge in [0.1, 0.15) is 5.75 Å². The molecular formula is C17H26O2. The van der Waals surface area contributed by atoms with E-state index in [1.807, 2.05) is 6.07 Å². The maximum Gasteiger partial charge on any atom is 0.125 e. The van der Waals surface area contributed by atoms with Crippen LogP contribution in [0.15, 0.2) is 12.1 Å². The molecule has 0 heterocycles. The summed E-state index contributed by atoms with van der Waals surface area (Å²) in [6.07, 6.45) is 4.32. The first-order valence-electron chi connectivity index (χ1n) is 7.36. The monoisotopic (exact) mass is 262 g/mol. The lowest BCUT2D eigenvalue weighted by Gasteiger charge is -2.31. The lowest BCUT2D eigenvalue weighted by molar-refractivity contribution is 0.0729. The van der Waals surface area contributed by atoms with E-state index in [0.717, 1.165) is 35.6 Å². The Morgan fingerprint density at radius 2 is 1.79 bits per heavy atom. The summed E-state index contributed by atoms with van der Waals surface area (Å²) in [7, 11) is 1.69. The topological polar surface area (TPSA) is 29.5 Å². The van der Waals surface area contributed by atoms with E-state index in [-0.39, 0.29) is 6.10 Å². The first kappa shape index (κ1) is 14.4. The molecule has 1 unspecified atom stereocenters. The molecule has 1 atom stereocenters. The number of aliphatic hydroxyl groups excluding tert-OH is 1. The summed E-state index contributed by atoms with van der Waals surface area (Å²) >= 11 is 0. The van der Waals surface area contributed by atoms with E-state index in [0.29, 0.717) is 5.92 Å². The Bertz CT molecular complexity index is 431. The molecule has 1 aliphatic rings. The van der Waals surface area contributed by atoms with Crippen LogP contribution in [-0.4, -0.2) is 12.2 Å². The first-order valence-corrected chi connectivity index (χ1v) is 7.36. The van der Waals surface area contributed by atoms with Crippen molar-refractivity contribution in [1.29, 1.82) is 0 Å². The summed E-state index contributed by atoms with van der Waals surface area (Å²) in [5.74, 6) is 2.03. The van der Waals surface area contributed by atoms with Crippen LogP contribution in [0.3, 0.4) is 0 Å². The van der Waals surface area contributed by atoms with Crippen molar-refractivity contribution in [2.45, 2.75) is 52.6 Å². The van der Waals surface area contributed by atoms with Crippen molar-refractivity contribution < 1.29 is 9.84 Å². The molecule has 1 aliphatic carbocycles. The highest BCUT2D eigenvalue weighted by Gasteiger charge is 2.28. The van der Waals surface area contributed by atoms with Crippen LogP contribution in [0, 0.1) is 25.7 Å². The van der Waals surface area contributed by atoms with Gasteiger partial charge in [-0.2, -0.15) is 0 Å². The molecule has 19 heavy (non-hydrogen) atoms. The maximum absolute atomic E-state index is 10.7. The van der Waals surface area contributed by atoms with E-state index in [2.05, 4.69) is 26.8 Å². The highest BCUT2D eigenvalue weighted by molar-refractivity contribution is 5.44. The minimum absolute atomic E-state index is 0.381. The standard InChI is InChI=1S/C17H26O2/c1-11-5-7-14(8-6-11)17(18)16-13(3)9-12(2)10-15(16)19-4/h9-11,14,17-18H,5-8H2,1-4H3. The Labute approximate surface area is 116 Å². The van der Waals surface area contributed by atoms with E-state index < -0.39 is 0 Å². The van der Waals surface area contributed by atoms with Gasteiger partial charge in [-0.05, 0) is 55.7 Å². The van der Waals surface area contributed by atoms with Crippen molar-refractivity contribution in [2.24, 2.45) is 11.8 Å². The van der Waals surface area contributed by atoms with Crippen molar-refractivity contribution in [3.63, 3.8) is 0 Å². The number of aliphatic hydroxyl groups is 1. The van der Waals surface area contributed by atoms with Gasteiger partial charge in [-0.15, -0.1) is 0 Å². The molecule has 2 heteroatoms. The van der Waals surface area contributed by atoms with E-state index in [1.165, 1.54) is 18.4 Å². The summed E-state index contributed by atoms with van der Waals surface area (Å²) in [5.41, 5.74) is 3.32. The van der Waals surface area contributed by atoms with Crippen LogP contribution in [0.25, 0.3) is 0 Å². The molecule has 1 aromatic carbocycles. The van der Waals surface area contributed by atoms with Gasteiger partial charge >= 0.3 is 0 Å². The number of aryl methyl sites for hydroxylation is 2. The third-order valence-corrected chi connectivity index (χ3v) is 4.52. The number of hydrogen-bond donors (Lipinski definition) is 1. The van der Waals surface area contributed by atoms with Gasteiger partial charge in [-0.25, -0.2) is 0 Å². The van der Waals surface area contributed by atoms with Crippen molar-refractivity contribution >= 4 is 0 Å². The molecule has 2 nitrogen and oxygen atoms in total. The lowest BCUT2D eigenvalue weighted by atomic mass is 9.77. The van der Waals surface area contributed by atoms with Crippen LogP contribution in [0.4, 0.5) is 0 Å². The Morgan fingerprint density at radius 1 is 1.16 bits per heavy atom. The largest absolute Gasteiger partial charge is 0.496 e. The molecule has 1 fully saturated rings. The van der Waals surface area contributed by atoms with Crippen LogP contribution < -0.4 is 4.74 Å². The number of ether oxygens (including phenoxy) is 1. The van der Waals surface area contributed by atoms with E-state index in [9.17, 15) is 5.11 Å². The zero-order valence-corrected chi connectivity index (χ0v) is 12.6. The third kappa shape index (κ3) is 3.11. The van der Waals surface area contributed by atoms with Gasteiger partial charge in [-0.3, -0.25) is 0 Å². The summed E-state index contributed by atoms with van der Waals surface area (Å²) in [6.45, 7) is 6.44. The van der Waals surface area contributed by atoms with Gasteiger partial charge in [0.05, 0.1) is 13.2 Å². The molecule has 1 aromatic rings. The predicted octanol–water partition coefficient (Wildman–Crippen LogP) is 4.17. The molecule has 106 valence electrons. The molecule has 0 spiro atoms. The molecule has 0 bridgehead atoms. The highest BCUT2D eigenvalue weighted by atomic mass is 16.5. The van der Waals surface area contributed by atoms with E-state index >= 15 is 0 Å². The fraction of sp³-hybridized carbons (Fsp3) is 0.647. The normalized spacial score (nSPS) is 25.1. The highest BCUT2D eigenvalue weighted by Crippen LogP contribution is 2.41. The SMILES string of the molecule is COc1cc(C)cc(C)c1C(O)C1CCC(C)CC1. The van der Waals surface area contributed by atoms with E-state index in [1.54, 1.807) is 7.11 Å². The van der Waals surface area contributed by atoms with Crippen LogP contribution in [0.2, 0.25) is 0 Å². The fourth-order valence-corrected chi connectivity index (χ4v) is 3.32. The number of methoxy groups -OCH3 is 1. The van der Waals surface area contributed by atoms with Crippen molar-refractivity contribution in [3.05, 3.63) is 28.8 Å². The number of rotatable bonds is 3. The molecule has 0 aromatic heterocycles. The Hall–Kier alpha value is -1.02. The summed E-state index contributed by atoms with van der Waals surface area (Å²) in [6, 6.07) is 4.16. The number of hydrogen-bond acceptors (Lipinski definition) is 2. The fourth-order valence-electron chi connectivity index (χ4n) is 3.32. The summed E-state index contributed by atoms with van der Waals surface area (Å²) in [5, 5.41) is 10.7. The zero-order valence-electron chi connectivity index (χ0n) is 12.6. The van der Waals surface area contributed by atoms with Gasteiger partial charge in [-0.1, -0.05) is 25.8 Å². The maximum atomic E-state index is 10.7. The molecule has 0 saturated heterocycles. The lowest BCUT2D eigenvalue weighted by Crippen LogP contribution is -2.20. The minimum atomic E-state index is -0.386.